The van der Waals surface area contributed by atoms with Crippen molar-refractivity contribution in [1.29, 1.82) is 0 Å². The number of hydrogen-bond acceptors (Lipinski definition) is 5. The van der Waals surface area contributed by atoms with Crippen molar-refractivity contribution >= 4 is 5.91 Å². The van der Waals surface area contributed by atoms with Gasteiger partial charge in [-0.15, -0.1) is 0 Å². The van der Waals surface area contributed by atoms with Gasteiger partial charge in [0.15, 0.2) is 11.5 Å². The van der Waals surface area contributed by atoms with Crippen LogP contribution in [-0.2, 0) is 18.4 Å². The molecule has 0 unspecified atom stereocenters. The third-order valence-corrected chi connectivity index (χ3v) is 4.63. The van der Waals surface area contributed by atoms with Gasteiger partial charge in [0.1, 0.15) is 0 Å². The Balaban J connectivity index is 0.00000129. The van der Waals surface area contributed by atoms with Crippen LogP contribution in [0.2, 0.25) is 0 Å². The van der Waals surface area contributed by atoms with Crippen molar-refractivity contribution in [2.24, 2.45) is 7.05 Å². The third kappa shape index (κ3) is 7.00. The van der Waals surface area contributed by atoms with Crippen LogP contribution in [0, 0.1) is 0 Å². The number of carbonyl (C=O) groups is 1. The van der Waals surface area contributed by atoms with Gasteiger partial charge in [0, 0.05) is 31.6 Å². The Morgan fingerprint density at radius 2 is 1.42 bits per heavy atom. The maximum Gasteiger partial charge on any atom is 0.217 e. The zero-order valence-electron chi connectivity index (χ0n) is 21.3. The van der Waals surface area contributed by atoms with Gasteiger partial charge in [0.05, 0.1) is 32.7 Å². The molecule has 1 N–H and O–H groups in total. The summed E-state index contributed by atoms with van der Waals surface area (Å²) in [6.07, 6.45) is 0. The first-order valence-electron chi connectivity index (χ1n) is 11.1. The maximum absolute atomic E-state index is 11.1. The molecule has 3 rings (SSSR count). The molecule has 1 aromatic heterocycles. The Morgan fingerprint density at radius 3 is 1.88 bits per heavy atom. The number of methoxy groups -OCH3 is 3. The molecular formula is C26H37N3O4. The number of nitrogens with zero attached hydrogens (tertiary/aromatic N) is 2. The van der Waals surface area contributed by atoms with E-state index in [9.17, 15) is 4.79 Å². The summed E-state index contributed by atoms with van der Waals surface area (Å²) in [5.74, 6) is 1.68. The van der Waals surface area contributed by atoms with Crippen LogP contribution in [0.3, 0.4) is 0 Å². The lowest BCUT2D eigenvalue weighted by atomic mass is 10.1. The Bertz CT molecular complexity index is 986. The summed E-state index contributed by atoms with van der Waals surface area (Å²) in [6.45, 7) is 10.0. The zero-order valence-corrected chi connectivity index (χ0v) is 21.3. The summed E-state index contributed by atoms with van der Waals surface area (Å²) in [7, 11) is 6.67. The average Bonchev–Trinajstić information content (AvgIpc) is 3.26. The molecule has 0 aliphatic rings. The number of ether oxygens (including phenoxy) is 3. The van der Waals surface area contributed by atoms with Crippen LogP contribution in [0.25, 0.3) is 22.5 Å². The van der Waals surface area contributed by atoms with Gasteiger partial charge < -0.3 is 19.5 Å². The van der Waals surface area contributed by atoms with Crippen molar-refractivity contribution in [3.8, 4) is 39.8 Å². The van der Waals surface area contributed by atoms with E-state index in [1.807, 2.05) is 81.9 Å². The van der Waals surface area contributed by atoms with E-state index < -0.39 is 0 Å². The van der Waals surface area contributed by atoms with Crippen LogP contribution in [-0.4, -0.2) is 37.0 Å². The van der Waals surface area contributed by atoms with Gasteiger partial charge in [-0.05, 0) is 23.8 Å². The molecule has 180 valence electrons. The van der Waals surface area contributed by atoms with E-state index >= 15 is 0 Å². The van der Waals surface area contributed by atoms with Crippen molar-refractivity contribution in [2.75, 3.05) is 21.3 Å². The summed E-state index contributed by atoms with van der Waals surface area (Å²) in [5, 5.41) is 7.44. The molecule has 0 aliphatic heterocycles. The fourth-order valence-corrected chi connectivity index (χ4v) is 3.13. The first-order chi connectivity index (χ1) is 16.0. The Kier molecular flexibility index (Phi) is 11.5. The SMILES string of the molecule is CC.CC.COc1cc(-c2cc(-c3ccc(CNC(C)=O)cc3)nn2C)cc(OC)c1OC. The lowest BCUT2D eigenvalue weighted by Crippen LogP contribution is -2.18. The Hall–Kier alpha value is -3.48. The predicted molar refractivity (Wildman–Crippen MR) is 134 cm³/mol. The topological polar surface area (TPSA) is 74.6 Å². The van der Waals surface area contributed by atoms with Gasteiger partial charge in [-0.3, -0.25) is 9.48 Å². The van der Waals surface area contributed by atoms with E-state index in [2.05, 4.69) is 10.4 Å². The number of nitrogens with one attached hydrogen (secondary N) is 1. The fraction of sp³-hybridized carbons (Fsp3) is 0.385. The number of aromatic nitrogens is 2. The number of aryl methyl sites for hydroxylation is 1. The van der Waals surface area contributed by atoms with Crippen molar-refractivity contribution in [3.63, 3.8) is 0 Å². The van der Waals surface area contributed by atoms with E-state index in [1.165, 1.54) is 6.92 Å². The molecule has 7 nitrogen and oxygen atoms in total. The Labute approximate surface area is 197 Å². The smallest absolute Gasteiger partial charge is 0.217 e. The second kappa shape index (κ2) is 13.8. The molecule has 3 aromatic rings. The van der Waals surface area contributed by atoms with Crippen molar-refractivity contribution in [1.82, 2.24) is 15.1 Å². The molecule has 33 heavy (non-hydrogen) atoms. The van der Waals surface area contributed by atoms with E-state index in [-0.39, 0.29) is 5.91 Å². The van der Waals surface area contributed by atoms with Gasteiger partial charge in [0.25, 0.3) is 0 Å². The fourth-order valence-electron chi connectivity index (χ4n) is 3.13. The lowest BCUT2D eigenvalue weighted by Gasteiger charge is -2.14. The summed E-state index contributed by atoms with van der Waals surface area (Å²) < 4.78 is 18.1. The number of benzene rings is 2. The normalized spacial score (nSPS) is 9.61. The molecule has 0 aliphatic carbocycles. The first kappa shape index (κ1) is 27.6. The van der Waals surface area contributed by atoms with Gasteiger partial charge >= 0.3 is 0 Å². The van der Waals surface area contributed by atoms with Crippen molar-refractivity contribution < 1.29 is 19.0 Å². The lowest BCUT2D eigenvalue weighted by molar-refractivity contribution is -0.119. The molecule has 1 amide bonds. The van der Waals surface area contributed by atoms with Gasteiger partial charge in [-0.1, -0.05) is 52.0 Å². The zero-order chi connectivity index (χ0) is 25.0. The van der Waals surface area contributed by atoms with Crippen LogP contribution in [0.15, 0.2) is 42.5 Å². The summed E-state index contributed by atoms with van der Waals surface area (Å²) >= 11 is 0. The largest absolute Gasteiger partial charge is 0.493 e. The van der Waals surface area contributed by atoms with E-state index in [0.717, 1.165) is 28.1 Å². The molecule has 0 saturated heterocycles. The van der Waals surface area contributed by atoms with Crippen LogP contribution in [0.5, 0.6) is 17.2 Å². The van der Waals surface area contributed by atoms with Crippen molar-refractivity contribution in [2.45, 2.75) is 41.2 Å². The highest BCUT2D eigenvalue weighted by atomic mass is 16.5. The minimum Gasteiger partial charge on any atom is -0.493 e. The second-order valence-electron chi connectivity index (χ2n) is 6.56. The molecule has 0 atom stereocenters. The molecule has 1 heterocycles. The molecule has 0 spiro atoms. The van der Waals surface area contributed by atoms with Crippen LogP contribution in [0.4, 0.5) is 0 Å². The highest BCUT2D eigenvalue weighted by Gasteiger charge is 2.17. The monoisotopic (exact) mass is 455 g/mol. The molecule has 7 heteroatoms. The molecule has 0 radical (unpaired) electrons. The maximum atomic E-state index is 11.1. The van der Waals surface area contributed by atoms with E-state index in [4.69, 9.17) is 14.2 Å². The summed E-state index contributed by atoms with van der Waals surface area (Å²) in [6, 6.07) is 13.8. The number of hydrogen-bond donors (Lipinski definition) is 1. The molecule has 0 bridgehead atoms. The minimum atomic E-state index is -0.0474. The average molecular weight is 456 g/mol. The van der Waals surface area contributed by atoms with E-state index in [1.54, 1.807) is 21.3 Å². The summed E-state index contributed by atoms with van der Waals surface area (Å²) in [4.78, 5) is 11.1. The predicted octanol–water partition coefficient (Wildman–Crippen LogP) is 5.47. The minimum absolute atomic E-state index is 0.0474. The molecule has 2 aromatic carbocycles. The molecular weight excluding hydrogens is 418 g/mol. The van der Waals surface area contributed by atoms with Crippen LogP contribution >= 0.6 is 0 Å². The highest BCUT2D eigenvalue weighted by molar-refractivity contribution is 5.74. The molecule has 0 fully saturated rings. The summed E-state index contributed by atoms with van der Waals surface area (Å²) in [5.41, 5.74) is 4.70. The first-order valence-corrected chi connectivity index (χ1v) is 11.1. The third-order valence-electron chi connectivity index (χ3n) is 4.63. The van der Waals surface area contributed by atoms with Crippen LogP contribution < -0.4 is 19.5 Å². The highest BCUT2D eigenvalue weighted by Crippen LogP contribution is 2.41. The number of amides is 1. The van der Waals surface area contributed by atoms with Gasteiger partial charge in [-0.2, -0.15) is 5.10 Å². The second-order valence-corrected chi connectivity index (χ2v) is 6.56. The van der Waals surface area contributed by atoms with Crippen molar-refractivity contribution in [3.05, 3.63) is 48.0 Å². The van der Waals surface area contributed by atoms with Gasteiger partial charge in [-0.25, -0.2) is 0 Å². The number of carbonyl (C=O) groups excluding carboxylic acids is 1. The molecule has 0 saturated carbocycles. The van der Waals surface area contributed by atoms with E-state index in [0.29, 0.717) is 23.8 Å². The Morgan fingerprint density at radius 1 is 0.879 bits per heavy atom. The van der Waals surface area contributed by atoms with Crippen LogP contribution in [0.1, 0.15) is 40.2 Å². The van der Waals surface area contributed by atoms with Gasteiger partial charge in [0.2, 0.25) is 11.7 Å². The quantitative estimate of drug-likeness (QED) is 0.511. The number of rotatable bonds is 7. The standard InChI is InChI=1S/C22H25N3O4.2C2H6/c1-14(26)23-13-15-6-8-16(9-7-15)18-12-19(25(2)24-18)17-10-20(27-3)22(29-5)21(11-17)28-4;2*1-2/h6-12H,13H2,1-5H3,(H,23,26);2*1-2H3.